The van der Waals surface area contributed by atoms with Crippen LogP contribution in [-0.4, -0.2) is 52.0 Å². The molecule has 3 heterocycles. The topological polar surface area (TPSA) is 73.7 Å². The van der Waals surface area contributed by atoms with Crippen molar-refractivity contribution in [3.05, 3.63) is 59.9 Å². The van der Waals surface area contributed by atoms with Gasteiger partial charge in [0.15, 0.2) is 0 Å². The molecule has 138 valence electrons. The zero-order chi connectivity index (χ0) is 18.5. The van der Waals surface area contributed by atoms with Crippen LogP contribution in [0.4, 0.5) is 5.69 Å². The lowest BCUT2D eigenvalue weighted by molar-refractivity contribution is -0.120. The van der Waals surface area contributed by atoms with Crippen molar-refractivity contribution < 1.29 is 14.7 Å². The highest BCUT2D eigenvalue weighted by atomic mass is 16.3. The molecule has 2 fully saturated rings. The highest BCUT2D eigenvalue weighted by Gasteiger charge is 2.56. The summed E-state index contributed by atoms with van der Waals surface area (Å²) in [6, 6.07) is 12.7. The van der Waals surface area contributed by atoms with Crippen molar-refractivity contribution in [1.29, 1.82) is 0 Å². The molecule has 0 spiro atoms. The summed E-state index contributed by atoms with van der Waals surface area (Å²) in [5.74, 6) is 0.123. The Hall–Kier alpha value is -2.73. The molecule has 3 atom stereocenters. The van der Waals surface area contributed by atoms with E-state index in [1.54, 1.807) is 29.3 Å². The number of nitrogens with zero attached hydrogens (tertiary/aromatic N) is 3. The summed E-state index contributed by atoms with van der Waals surface area (Å²) < 4.78 is 0. The Labute approximate surface area is 157 Å². The van der Waals surface area contributed by atoms with Crippen LogP contribution in [0.15, 0.2) is 48.7 Å². The van der Waals surface area contributed by atoms with E-state index in [-0.39, 0.29) is 42.3 Å². The van der Waals surface area contributed by atoms with Crippen molar-refractivity contribution >= 4 is 17.5 Å². The maximum Gasteiger partial charge on any atom is 0.273 e. The van der Waals surface area contributed by atoms with Gasteiger partial charge >= 0.3 is 0 Å². The van der Waals surface area contributed by atoms with Gasteiger partial charge in [-0.25, -0.2) is 0 Å². The summed E-state index contributed by atoms with van der Waals surface area (Å²) in [6.07, 6.45) is 3.49. The Morgan fingerprint density at radius 2 is 1.89 bits per heavy atom. The highest BCUT2D eigenvalue weighted by Crippen LogP contribution is 2.49. The predicted molar refractivity (Wildman–Crippen MR) is 99.3 cm³/mol. The van der Waals surface area contributed by atoms with E-state index >= 15 is 0 Å². The molecule has 3 aliphatic rings. The van der Waals surface area contributed by atoms with Gasteiger partial charge in [-0.3, -0.25) is 14.6 Å². The number of aromatic nitrogens is 1. The van der Waals surface area contributed by atoms with Crippen LogP contribution in [0.1, 0.15) is 34.8 Å². The van der Waals surface area contributed by atoms with Gasteiger partial charge in [0, 0.05) is 30.3 Å². The molecule has 0 bridgehead atoms. The van der Waals surface area contributed by atoms with Gasteiger partial charge in [0.25, 0.3) is 5.91 Å². The largest absolute Gasteiger partial charge is 0.394 e. The number of anilines is 1. The van der Waals surface area contributed by atoms with Gasteiger partial charge < -0.3 is 14.9 Å². The van der Waals surface area contributed by atoms with E-state index in [0.29, 0.717) is 12.2 Å². The zero-order valence-corrected chi connectivity index (χ0v) is 14.9. The fourth-order valence-electron chi connectivity index (χ4n) is 4.55. The molecule has 1 saturated heterocycles. The molecular formula is C21H21N3O3. The average molecular weight is 363 g/mol. The van der Waals surface area contributed by atoms with Crippen molar-refractivity contribution in [3.8, 4) is 0 Å². The summed E-state index contributed by atoms with van der Waals surface area (Å²) in [7, 11) is 0. The molecule has 2 aromatic rings. The van der Waals surface area contributed by atoms with Crippen LogP contribution in [0.25, 0.3) is 0 Å². The summed E-state index contributed by atoms with van der Waals surface area (Å²) >= 11 is 0. The van der Waals surface area contributed by atoms with Crippen LogP contribution in [0.3, 0.4) is 0 Å². The van der Waals surface area contributed by atoms with Crippen LogP contribution >= 0.6 is 0 Å². The normalized spacial score (nSPS) is 26.0. The molecule has 1 aliphatic carbocycles. The molecule has 1 saturated carbocycles. The number of aliphatic hydroxyl groups is 1. The summed E-state index contributed by atoms with van der Waals surface area (Å²) in [5, 5.41) is 10.00. The predicted octanol–water partition coefficient (Wildman–Crippen LogP) is 1.81. The monoisotopic (exact) mass is 363 g/mol. The molecule has 1 aromatic heterocycles. The van der Waals surface area contributed by atoms with Crippen molar-refractivity contribution in [1.82, 2.24) is 9.88 Å². The standard InChI is InChI=1S/C21H21N3O3/c25-12-18-19-14-5-1-2-7-16(14)23(20(26)13-8-9-13)11-17(19)24(18)21(27)15-6-3-4-10-22-15/h1-7,10,13,17-19,25H,8-9,11-12H2/t17-,18+,19+/m0/s1. The van der Waals surface area contributed by atoms with Crippen LogP contribution < -0.4 is 4.90 Å². The van der Waals surface area contributed by atoms with Gasteiger partial charge in [-0.1, -0.05) is 24.3 Å². The third kappa shape index (κ3) is 2.47. The first kappa shape index (κ1) is 16.4. The Morgan fingerprint density at radius 1 is 1.11 bits per heavy atom. The fourth-order valence-corrected chi connectivity index (χ4v) is 4.55. The molecule has 6 nitrogen and oxygen atoms in total. The quantitative estimate of drug-likeness (QED) is 0.903. The van der Waals surface area contributed by atoms with Crippen molar-refractivity contribution in [3.63, 3.8) is 0 Å². The van der Waals surface area contributed by atoms with Gasteiger partial charge in [0.05, 0.1) is 18.7 Å². The van der Waals surface area contributed by atoms with E-state index in [2.05, 4.69) is 4.98 Å². The maximum absolute atomic E-state index is 13.0. The summed E-state index contributed by atoms with van der Waals surface area (Å²) in [6.45, 7) is 0.372. The number of likely N-dealkylation sites (tertiary alicyclic amines) is 1. The first-order valence-corrected chi connectivity index (χ1v) is 9.45. The lowest BCUT2D eigenvalue weighted by atomic mass is 9.71. The third-order valence-corrected chi connectivity index (χ3v) is 6.00. The van der Waals surface area contributed by atoms with E-state index in [9.17, 15) is 14.7 Å². The Morgan fingerprint density at radius 3 is 2.59 bits per heavy atom. The lowest BCUT2D eigenvalue weighted by Crippen LogP contribution is -2.70. The molecule has 0 unspecified atom stereocenters. The number of hydrogen-bond donors (Lipinski definition) is 1. The number of aliphatic hydroxyl groups excluding tert-OH is 1. The van der Waals surface area contributed by atoms with Gasteiger partial charge in [-0.2, -0.15) is 0 Å². The van der Waals surface area contributed by atoms with E-state index in [4.69, 9.17) is 0 Å². The van der Waals surface area contributed by atoms with Gasteiger partial charge in [-0.05, 0) is 36.6 Å². The molecule has 6 heteroatoms. The second kappa shape index (κ2) is 6.16. The molecule has 5 rings (SSSR count). The number of amides is 2. The number of carbonyl (C=O) groups excluding carboxylic acids is 2. The van der Waals surface area contributed by atoms with Crippen molar-refractivity contribution in [2.24, 2.45) is 5.92 Å². The van der Waals surface area contributed by atoms with Gasteiger partial charge in [0.2, 0.25) is 5.91 Å². The van der Waals surface area contributed by atoms with E-state index in [1.807, 2.05) is 29.2 Å². The number of pyridine rings is 1. The Balaban J connectivity index is 1.52. The van der Waals surface area contributed by atoms with Crippen molar-refractivity contribution in [2.45, 2.75) is 30.8 Å². The maximum atomic E-state index is 13.0. The van der Waals surface area contributed by atoms with Gasteiger partial charge in [-0.15, -0.1) is 0 Å². The molecule has 0 radical (unpaired) electrons. The number of hydrogen-bond acceptors (Lipinski definition) is 4. The molecule has 2 aliphatic heterocycles. The van der Waals surface area contributed by atoms with Crippen LogP contribution in [0.2, 0.25) is 0 Å². The Bertz CT molecular complexity index is 897. The highest BCUT2D eigenvalue weighted by molar-refractivity contribution is 5.99. The third-order valence-electron chi connectivity index (χ3n) is 6.00. The van der Waals surface area contributed by atoms with E-state index in [1.165, 1.54) is 0 Å². The second-order valence-electron chi connectivity index (χ2n) is 7.55. The second-order valence-corrected chi connectivity index (χ2v) is 7.55. The first-order valence-electron chi connectivity index (χ1n) is 9.45. The number of rotatable bonds is 3. The minimum absolute atomic E-state index is 0.0436. The van der Waals surface area contributed by atoms with Gasteiger partial charge in [0.1, 0.15) is 5.69 Å². The molecule has 27 heavy (non-hydrogen) atoms. The lowest BCUT2D eigenvalue weighted by Gasteiger charge is -2.58. The smallest absolute Gasteiger partial charge is 0.273 e. The van der Waals surface area contributed by atoms with Crippen LogP contribution in [-0.2, 0) is 4.79 Å². The Kier molecular flexibility index (Phi) is 3.75. The number of carbonyl (C=O) groups is 2. The molecule has 1 aromatic carbocycles. The molecule has 1 N–H and O–H groups in total. The van der Waals surface area contributed by atoms with E-state index in [0.717, 1.165) is 24.1 Å². The number of fused-ring (bicyclic) bond motifs is 3. The number of benzene rings is 1. The van der Waals surface area contributed by atoms with Crippen LogP contribution in [0, 0.1) is 5.92 Å². The minimum atomic E-state index is -0.288. The number of para-hydroxylation sites is 1. The first-order chi connectivity index (χ1) is 13.2. The summed E-state index contributed by atoms with van der Waals surface area (Å²) in [5.41, 5.74) is 2.35. The van der Waals surface area contributed by atoms with Crippen molar-refractivity contribution in [2.75, 3.05) is 18.1 Å². The summed E-state index contributed by atoms with van der Waals surface area (Å²) in [4.78, 5) is 33.6. The fraction of sp³-hybridized carbons (Fsp3) is 0.381. The SMILES string of the molecule is O=C(C1CC1)N1C[C@H]2[C@@H](c3ccccc31)[C@@H](CO)N2C(=O)c1ccccn1. The average Bonchev–Trinajstić information content (AvgIpc) is 3.54. The molecule has 2 amide bonds. The van der Waals surface area contributed by atoms with E-state index < -0.39 is 0 Å². The minimum Gasteiger partial charge on any atom is -0.394 e. The molecular weight excluding hydrogens is 342 g/mol. The van der Waals surface area contributed by atoms with Crippen LogP contribution in [0.5, 0.6) is 0 Å². The zero-order valence-electron chi connectivity index (χ0n) is 14.9.